The zero-order valence-corrected chi connectivity index (χ0v) is 14.0. The Kier molecular flexibility index (Phi) is 3.73. The van der Waals surface area contributed by atoms with Crippen LogP contribution in [0, 0.1) is 12.7 Å². The Labute approximate surface area is 147 Å². The summed E-state index contributed by atoms with van der Waals surface area (Å²) in [5.74, 6) is 0.366. The van der Waals surface area contributed by atoms with Crippen molar-refractivity contribution in [3.63, 3.8) is 0 Å². The SMILES string of the molecule is Cc1nn(-c2ccc(Cl)nn2)c2c1[C@H](c1ccc(F)cc1)CC(=O)N2. The van der Waals surface area contributed by atoms with Gasteiger partial charge in [0.2, 0.25) is 5.91 Å². The van der Waals surface area contributed by atoms with Crippen LogP contribution >= 0.6 is 11.6 Å². The van der Waals surface area contributed by atoms with Gasteiger partial charge in [-0.2, -0.15) is 9.78 Å². The van der Waals surface area contributed by atoms with Crippen LogP contribution < -0.4 is 5.32 Å². The molecular formula is C17H13ClFN5O. The minimum Gasteiger partial charge on any atom is -0.310 e. The van der Waals surface area contributed by atoms with Gasteiger partial charge in [-0.25, -0.2) is 4.39 Å². The van der Waals surface area contributed by atoms with Crippen LogP contribution in [0.25, 0.3) is 5.82 Å². The molecule has 0 unspecified atom stereocenters. The second-order valence-corrected chi connectivity index (χ2v) is 6.22. The van der Waals surface area contributed by atoms with E-state index in [0.29, 0.717) is 11.6 Å². The zero-order valence-electron chi connectivity index (χ0n) is 13.2. The van der Waals surface area contributed by atoms with E-state index in [2.05, 4.69) is 20.6 Å². The minimum atomic E-state index is -0.312. The van der Waals surface area contributed by atoms with Crippen LogP contribution in [0.1, 0.15) is 29.2 Å². The smallest absolute Gasteiger partial charge is 0.226 e. The van der Waals surface area contributed by atoms with E-state index in [4.69, 9.17) is 11.6 Å². The molecule has 4 rings (SSSR count). The van der Waals surface area contributed by atoms with Crippen molar-refractivity contribution in [3.8, 4) is 5.82 Å². The van der Waals surface area contributed by atoms with Crippen LogP contribution in [0.4, 0.5) is 10.2 Å². The van der Waals surface area contributed by atoms with E-state index in [-0.39, 0.29) is 29.2 Å². The maximum Gasteiger partial charge on any atom is 0.226 e. The summed E-state index contributed by atoms with van der Waals surface area (Å²) in [6.07, 6.45) is 0.275. The van der Waals surface area contributed by atoms with Crippen molar-refractivity contribution in [3.05, 3.63) is 64.2 Å². The third kappa shape index (κ3) is 2.76. The third-order valence-electron chi connectivity index (χ3n) is 4.21. The van der Waals surface area contributed by atoms with Crippen molar-refractivity contribution >= 4 is 23.3 Å². The molecule has 1 aromatic carbocycles. The molecule has 1 atom stereocenters. The number of benzene rings is 1. The second-order valence-electron chi connectivity index (χ2n) is 5.83. The fourth-order valence-electron chi connectivity index (χ4n) is 3.11. The Bertz CT molecular complexity index is 952. The minimum absolute atomic E-state index is 0.134. The highest BCUT2D eigenvalue weighted by molar-refractivity contribution is 6.29. The van der Waals surface area contributed by atoms with Gasteiger partial charge in [0.1, 0.15) is 11.6 Å². The summed E-state index contributed by atoms with van der Waals surface area (Å²) < 4.78 is 14.8. The first-order valence-corrected chi connectivity index (χ1v) is 8.05. The summed E-state index contributed by atoms with van der Waals surface area (Å²) in [5, 5.41) is 15.5. The number of hydrogen-bond acceptors (Lipinski definition) is 4. The molecule has 1 N–H and O–H groups in total. The summed E-state index contributed by atoms with van der Waals surface area (Å²) in [6.45, 7) is 1.87. The summed E-state index contributed by atoms with van der Waals surface area (Å²) in [7, 11) is 0. The van der Waals surface area contributed by atoms with Crippen molar-refractivity contribution in [2.24, 2.45) is 0 Å². The second kappa shape index (κ2) is 5.93. The number of aromatic nitrogens is 4. The summed E-state index contributed by atoms with van der Waals surface area (Å²) in [4.78, 5) is 12.2. The van der Waals surface area contributed by atoms with Crippen molar-refractivity contribution < 1.29 is 9.18 Å². The number of rotatable bonds is 2. The van der Waals surface area contributed by atoms with Crippen molar-refractivity contribution in [1.29, 1.82) is 0 Å². The quantitative estimate of drug-likeness (QED) is 0.764. The maximum atomic E-state index is 13.2. The van der Waals surface area contributed by atoms with Gasteiger partial charge >= 0.3 is 0 Å². The van der Waals surface area contributed by atoms with Gasteiger partial charge in [-0.3, -0.25) is 4.79 Å². The lowest BCUT2D eigenvalue weighted by molar-refractivity contribution is -0.116. The lowest BCUT2D eigenvalue weighted by Crippen LogP contribution is -2.25. The fraction of sp³-hybridized carbons (Fsp3) is 0.176. The topological polar surface area (TPSA) is 72.7 Å². The van der Waals surface area contributed by atoms with Crippen molar-refractivity contribution in [2.45, 2.75) is 19.3 Å². The Morgan fingerprint density at radius 2 is 1.96 bits per heavy atom. The van der Waals surface area contributed by atoms with Crippen LogP contribution in [0.3, 0.4) is 0 Å². The summed E-state index contributed by atoms with van der Waals surface area (Å²) in [6, 6.07) is 9.46. The number of carbonyl (C=O) groups is 1. The Morgan fingerprint density at radius 1 is 1.20 bits per heavy atom. The standard InChI is InChI=1S/C17H13ClFN5O/c1-9-16-12(10-2-4-11(19)5-3-10)8-15(25)20-17(16)24(23-9)14-7-6-13(18)21-22-14/h2-7,12H,8H2,1H3,(H,20,25)/t12-/m0/s1. The van der Waals surface area contributed by atoms with Crippen LogP contribution in [0.2, 0.25) is 5.15 Å². The lowest BCUT2D eigenvalue weighted by Gasteiger charge is -2.24. The van der Waals surface area contributed by atoms with E-state index in [0.717, 1.165) is 16.8 Å². The molecule has 3 aromatic rings. The number of carbonyl (C=O) groups excluding carboxylic acids is 1. The molecule has 1 aliphatic heterocycles. The molecule has 0 saturated carbocycles. The molecule has 1 amide bonds. The van der Waals surface area contributed by atoms with Crippen LogP contribution in [-0.2, 0) is 4.79 Å². The highest BCUT2D eigenvalue weighted by Gasteiger charge is 2.32. The molecule has 8 heteroatoms. The van der Waals surface area contributed by atoms with E-state index in [1.807, 2.05) is 6.92 Å². The number of halogens is 2. The number of aryl methyl sites for hydroxylation is 1. The highest BCUT2D eigenvalue weighted by atomic mass is 35.5. The van der Waals surface area contributed by atoms with Gasteiger partial charge in [0.25, 0.3) is 0 Å². The molecule has 25 heavy (non-hydrogen) atoms. The molecule has 0 spiro atoms. The zero-order chi connectivity index (χ0) is 17.6. The molecule has 126 valence electrons. The number of anilines is 1. The predicted molar refractivity (Wildman–Crippen MR) is 90.4 cm³/mol. The number of hydrogen-bond donors (Lipinski definition) is 1. The van der Waals surface area contributed by atoms with Crippen LogP contribution in [0.15, 0.2) is 36.4 Å². The maximum absolute atomic E-state index is 13.2. The van der Waals surface area contributed by atoms with E-state index in [1.54, 1.807) is 28.9 Å². The molecule has 2 aromatic heterocycles. The molecule has 3 heterocycles. The molecule has 0 fully saturated rings. The largest absolute Gasteiger partial charge is 0.310 e. The van der Waals surface area contributed by atoms with Gasteiger partial charge in [0, 0.05) is 17.9 Å². The summed E-state index contributed by atoms with van der Waals surface area (Å²) in [5.41, 5.74) is 2.52. The van der Waals surface area contributed by atoms with Crippen LogP contribution in [-0.4, -0.2) is 25.9 Å². The molecule has 0 aliphatic carbocycles. The van der Waals surface area contributed by atoms with Gasteiger partial charge in [0.15, 0.2) is 11.0 Å². The number of amides is 1. The lowest BCUT2D eigenvalue weighted by atomic mass is 9.86. The Morgan fingerprint density at radius 3 is 2.64 bits per heavy atom. The number of fused-ring (bicyclic) bond motifs is 1. The average molecular weight is 358 g/mol. The molecule has 0 bridgehead atoms. The summed E-state index contributed by atoms with van der Waals surface area (Å²) >= 11 is 5.78. The Hall–Kier alpha value is -2.80. The van der Waals surface area contributed by atoms with E-state index in [9.17, 15) is 9.18 Å². The highest BCUT2D eigenvalue weighted by Crippen LogP contribution is 2.39. The average Bonchev–Trinajstić information content (AvgIpc) is 2.92. The first-order chi connectivity index (χ1) is 12.0. The van der Waals surface area contributed by atoms with Gasteiger partial charge in [-0.05, 0) is 36.8 Å². The van der Waals surface area contributed by atoms with E-state index >= 15 is 0 Å². The Balaban J connectivity index is 1.85. The first-order valence-electron chi connectivity index (χ1n) is 7.67. The van der Waals surface area contributed by atoms with Crippen molar-refractivity contribution in [2.75, 3.05) is 5.32 Å². The molecular weight excluding hydrogens is 345 g/mol. The van der Waals surface area contributed by atoms with Crippen LogP contribution in [0.5, 0.6) is 0 Å². The van der Waals surface area contributed by atoms with E-state index < -0.39 is 0 Å². The molecule has 6 nitrogen and oxygen atoms in total. The molecule has 0 saturated heterocycles. The fourth-order valence-corrected chi connectivity index (χ4v) is 3.22. The van der Waals surface area contributed by atoms with Gasteiger partial charge in [-0.15, -0.1) is 10.2 Å². The normalized spacial score (nSPS) is 16.4. The van der Waals surface area contributed by atoms with Gasteiger partial charge in [-0.1, -0.05) is 23.7 Å². The van der Waals surface area contributed by atoms with Gasteiger partial charge in [0.05, 0.1) is 5.69 Å². The predicted octanol–water partition coefficient (Wildman–Crippen LogP) is 3.24. The first kappa shape index (κ1) is 15.7. The van der Waals surface area contributed by atoms with E-state index in [1.165, 1.54) is 12.1 Å². The molecule has 0 radical (unpaired) electrons. The number of nitrogens with one attached hydrogen (secondary N) is 1. The molecule has 1 aliphatic rings. The third-order valence-corrected chi connectivity index (χ3v) is 4.41. The van der Waals surface area contributed by atoms with Gasteiger partial charge < -0.3 is 5.32 Å². The number of nitrogens with zero attached hydrogens (tertiary/aromatic N) is 4. The monoisotopic (exact) mass is 357 g/mol. The van der Waals surface area contributed by atoms with Crippen molar-refractivity contribution in [1.82, 2.24) is 20.0 Å².